The second kappa shape index (κ2) is 8.68. The number of barbiturate groups is 1. The summed E-state index contributed by atoms with van der Waals surface area (Å²) < 4.78 is 0. The maximum absolute atomic E-state index is 13.7. The smallest absolute Gasteiger partial charge is 0.332 e. The standard InChI is InChI=1S/C24H25N7O7/c1-12(32)30-6-7-31-16-5-4-14(25-10-15-18(33)26-22(37)27-19(15)34)8-13(16)9-24(17(31)11-30)20(35)28(2)23(38)29(3)21(24)36/h4-5,8,10,17H,6-7,9,11H2,1-3H3,(H3,26,27,33,34,37)/t17-/m1/s1. The summed E-state index contributed by atoms with van der Waals surface area (Å²) in [5, 5.41) is 9.91. The van der Waals surface area contributed by atoms with Gasteiger partial charge in [0, 0.05) is 52.6 Å². The van der Waals surface area contributed by atoms with Gasteiger partial charge in [0.2, 0.25) is 23.6 Å². The number of fused-ring (bicyclic) bond motifs is 4. The van der Waals surface area contributed by atoms with Crippen molar-refractivity contribution in [2.45, 2.75) is 19.4 Å². The fourth-order valence-corrected chi connectivity index (χ4v) is 5.54. The van der Waals surface area contributed by atoms with E-state index in [2.05, 4.69) is 9.98 Å². The van der Waals surface area contributed by atoms with E-state index < -0.39 is 46.4 Å². The molecule has 14 heteroatoms. The molecule has 3 aliphatic heterocycles. The van der Waals surface area contributed by atoms with Crippen LogP contribution in [-0.4, -0.2) is 99.5 Å². The number of carbonyl (C=O) groups excluding carboxylic acids is 4. The lowest BCUT2D eigenvalue weighted by molar-refractivity contribution is -0.161. The van der Waals surface area contributed by atoms with Crippen molar-refractivity contribution in [1.29, 1.82) is 0 Å². The summed E-state index contributed by atoms with van der Waals surface area (Å²) in [7, 11) is 2.66. The highest BCUT2D eigenvalue weighted by Crippen LogP contribution is 2.47. The lowest BCUT2D eigenvalue weighted by atomic mass is 9.67. The normalized spacial score (nSPS) is 20.8. The lowest BCUT2D eigenvalue weighted by Crippen LogP contribution is -2.74. The number of piperazine rings is 1. The van der Waals surface area contributed by atoms with Crippen LogP contribution in [0.2, 0.25) is 0 Å². The van der Waals surface area contributed by atoms with Gasteiger partial charge in [0.1, 0.15) is 5.56 Å². The Morgan fingerprint density at radius 2 is 1.76 bits per heavy atom. The van der Waals surface area contributed by atoms with Crippen LogP contribution >= 0.6 is 0 Å². The number of nitrogens with one attached hydrogen (secondary N) is 2. The predicted molar refractivity (Wildman–Crippen MR) is 134 cm³/mol. The van der Waals surface area contributed by atoms with E-state index in [1.54, 1.807) is 23.1 Å². The fraction of sp³-hybridized carbons (Fsp3) is 0.375. The van der Waals surface area contributed by atoms with Gasteiger partial charge in [0.25, 0.3) is 5.56 Å². The Labute approximate surface area is 215 Å². The molecule has 14 nitrogen and oxygen atoms in total. The van der Waals surface area contributed by atoms with Gasteiger partial charge in [-0.3, -0.25) is 43.9 Å². The highest BCUT2D eigenvalue weighted by Gasteiger charge is 2.64. The van der Waals surface area contributed by atoms with Crippen LogP contribution in [0.5, 0.6) is 5.88 Å². The number of rotatable bonds is 2. The van der Waals surface area contributed by atoms with Crippen LogP contribution in [0.25, 0.3) is 0 Å². The van der Waals surface area contributed by atoms with E-state index in [4.69, 9.17) is 0 Å². The van der Waals surface area contributed by atoms with Gasteiger partial charge in [-0.15, -0.1) is 0 Å². The summed E-state index contributed by atoms with van der Waals surface area (Å²) in [5.74, 6) is -2.10. The van der Waals surface area contributed by atoms with Crippen molar-refractivity contribution in [3.63, 3.8) is 0 Å². The van der Waals surface area contributed by atoms with Crippen molar-refractivity contribution in [2.24, 2.45) is 10.4 Å². The molecule has 1 aromatic carbocycles. The third-order valence-electron chi connectivity index (χ3n) is 7.48. The Morgan fingerprint density at radius 3 is 2.39 bits per heavy atom. The number of aromatic amines is 2. The lowest BCUT2D eigenvalue weighted by Gasteiger charge is -2.56. The third kappa shape index (κ3) is 3.59. The van der Waals surface area contributed by atoms with Gasteiger partial charge in [0.15, 0.2) is 5.41 Å². The molecule has 3 N–H and O–H groups in total. The molecule has 198 valence electrons. The van der Waals surface area contributed by atoms with Crippen LogP contribution in [0.3, 0.4) is 0 Å². The first-order valence-corrected chi connectivity index (χ1v) is 11.8. The van der Waals surface area contributed by atoms with E-state index in [0.717, 1.165) is 21.7 Å². The first-order chi connectivity index (χ1) is 18.0. The fourth-order valence-electron chi connectivity index (χ4n) is 5.54. The van der Waals surface area contributed by atoms with Crippen LogP contribution in [0, 0.1) is 5.41 Å². The minimum Gasteiger partial charge on any atom is -0.494 e. The minimum atomic E-state index is -1.66. The number of aliphatic imine (C=N–C) groups is 1. The quantitative estimate of drug-likeness (QED) is 0.336. The molecule has 0 radical (unpaired) electrons. The van der Waals surface area contributed by atoms with Gasteiger partial charge in [0.05, 0.1) is 11.7 Å². The monoisotopic (exact) mass is 523 g/mol. The molecule has 0 saturated carbocycles. The van der Waals surface area contributed by atoms with E-state index in [1.165, 1.54) is 21.0 Å². The van der Waals surface area contributed by atoms with Gasteiger partial charge in [-0.2, -0.15) is 0 Å². The molecule has 2 aromatic rings. The molecule has 1 atom stereocenters. The van der Waals surface area contributed by atoms with Gasteiger partial charge in [-0.05, 0) is 30.2 Å². The van der Waals surface area contributed by atoms with Crippen molar-refractivity contribution in [3.05, 3.63) is 50.2 Å². The zero-order valence-electron chi connectivity index (χ0n) is 20.8. The molecule has 1 aromatic heterocycles. The molecule has 1 spiro atoms. The molecular formula is C24H25N7O7. The Bertz CT molecular complexity index is 1520. The Hall–Kier alpha value is -4.75. The molecular weight excluding hydrogens is 498 g/mol. The number of anilines is 1. The molecule has 3 aliphatic rings. The summed E-state index contributed by atoms with van der Waals surface area (Å²) in [6.07, 6.45) is 1.05. The van der Waals surface area contributed by atoms with Crippen LogP contribution in [0.4, 0.5) is 16.2 Å². The molecule has 4 heterocycles. The number of hydrogen-bond donors (Lipinski definition) is 3. The number of hydrogen-bond acceptors (Lipinski definition) is 9. The van der Waals surface area contributed by atoms with Gasteiger partial charge in [-0.25, -0.2) is 9.59 Å². The first-order valence-electron chi connectivity index (χ1n) is 11.8. The number of nitrogens with zero attached hydrogens (tertiary/aromatic N) is 5. The van der Waals surface area contributed by atoms with E-state index in [-0.39, 0.29) is 24.4 Å². The number of amides is 5. The SMILES string of the molecule is CC(=O)N1CCN2c3ccc(N=Cc4c(O)[nH]c(=O)[nH]c4=O)cc3CC3(C(=O)N(C)C(=O)N(C)C3=O)[C@H]2C1. The van der Waals surface area contributed by atoms with E-state index in [9.17, 15) is 33.9 Å². The number of urea groups is 1. The Morgan fingerprint density at radius 1 is 1.08 bits per heavy atom. The summed E-state index contributed by atoms with van der Waals surface area (Å²) in [4.78, 5) is 89.3. The Balaban J connectivity index is 1.61. The van der Waals surface area contributed by atoms with Crippen LogP contribution < -0.4 is 16.1 Å². The summed E-state index contributed by atoms with van der Waals surface area (Å²) >= 11 is 0. The molecule has 5 amide bonds. The number of carbonyl (C=O) groups is 4. The van der Waals surface area contributed by atoms with Crippen molar-refractivity contribution in [3.8, 4) is 5.88 Å². The predicted octanol–water partition coefficient (Wildman–Crippen LogP) is -0.851. The third-order valence-corrected chi connectivity index (χ3v) is 7.48. The zero-order chi connectivity index (χ0) is 27.5. The zero-order valence-corrected chi connectivity index (χ0v) is 20.8. The summed E-state index contributed by atoms with van der Waals surface area (Å²) in [5.41, 5.74) is -1.86. The average molecular weight is 524 g/mol. The van der Waals surface area contributed by atoms with Crippen molar-refractivity contribution in [1.82, 2.24) is 24.7 Å². The molecule has 0 aliphatic carbocycles. The average Bonchev–Trinajstić information content (AvgIpc) is 2.88. The van der Waals surface area contributed by atoms with Crippen molar-refractivity contribution >= 4 is 41.3 Å². The molecule has 0 unspecified atom stereocenters. The number of aromatic hydroxyl groups is 1. The minimum absolute atomic E-state index is 0.0390. The number of imide groups is 2. The van der Waals surface area contributed by atoms with Crippen LogP contribution in [-0.2, 0) is 20.8 Å². The van der Waals surface area contributed by atoms with Gasteiger partial charge >= 0.3 is 11.7 Å². The Kier molecular flexibility index (Phi) is 5.69. The number of H-pyrrole nitrogens is 2. The molecule has 2 fully saturated rings. The maximum atomic E-state index is 13.7. The van der Waals surface area contributed by atoms with Crippen molar-refractivity contribution < 1.29 is 24.3 Å². The largest absolute Gasteiger partial charge is 0.494 e. The highest BCUT2D eigenvalue weighted by molar-refractivity contribution is 6.20. The van der Waals surface area contributed by atoms with Crippen LogP contribution in [0.1, 0.15) is 18.1 Å². The second-order valence-electron chi connectivity index (χ2n) is 9.58. The number of benzene rings is 1. The van der Waals surface area contributed by atoms with Gasteiger partial charge in [-0.1, -0.05) is 0 Å². The highest BCUT2D eigenvalue weighted by atomic mass is 16.3. The number of aromatic nitrogens is 2. The van der Waals surface area contributed by atoms with Gasteiger partial charge < -0.3 is 14.9 Å². The summed E-state index contributed by atoms with van der Waals surface area (Å²) in [6, 6.07) is 3.68. The maximum Gasteiger partial charge on any atom is 0.332 e. The van der Waals surface area contributed by atoms with E-state index >= 15 is 0 Å². The molecule has 0 bridgehead atoms. The molecule has 2 saturated heterocycles. The summed E-state index contributed by atoms with van der Waals surface area (Å²) in [6.45, 7) is 2.32. The van der Waals surface area contributed by atoms with E-state index in [1.807, 2.05) is 9.88 Å². The molecule has 38 heavy (non-hydrogen) atoms. The van der Waals surface area contributed by atoms with E-state index in [0.29, 0.717) is 24.3 Å². The molecule has 5 rings (SSSR count). The second-order valence-corrected chi connectivity index (χ2v) is 9.58. The first kappa shape index (κ1) is 24.9. The van der Waals surface area contributed by atoms with Crippen LogP contribution in [0.15, 0.2) is 32.8 Å². The topological polar surface area (TPSA) is 180 Å². The van der Waals surface area contributed by atoms with Crippen molar-refractivity contribution in [2.75, 3.05) is 38.6 Å².